The monoisotopic (exact) mass is 310 g/mol. The molecule has 0 aromatic rings. The number of ether oxygens (including phenoxy) is 2. The van der Waals surface area contributed by atoms with Crippen molar-refractivity contribution >= 4 is 14.0 Å². The molecule has 3 nitrogen and oxygen atoms in total. The van der Waals surface area contributed by atoms with E-state index >= 15 is 0 Å². The van der Waals surface area contributed by atoms with Gasteiger partial charge in [-0.05, 0) is 24.2 Å². The molecule has 1 heterocycles. The highest BCUT2D eigenvalue weighted by Crippen LogP contribution is 2.53. The lowest BCUT2D eigenvalue weighted by molar-refractivity contribution is -0.158. The van der Waals surface area contributed by atoms with Crippen LogP contribution in [-0.2, 0) is 14.3 Å². The third-order valence-corrected chi connectivity index (χ3v) is 6.37. The summed E-state index contributed by atoms with van der Waals surface area (Å²) >= 11 is 0. The van der Waals surface area contributed by atoms with E-state index in [1.165, 1.54) is 25.5 Å². The molecule has 0 unspecified atom stereocenters. The maximum atomic E-state index is 11.7. The van der Waals surface area contributed by atoms with E-state index in [0.29, 0.717) is 18.3 Å². The molecule has 2 bridgehead atoms. The second-order valence-corrected chi connectivity index (χ2v) is 13.3. The Balaban J connectivity index is 2.33. The van der Waals surface area contributed by atoms with Gasteiger partial charge in [-0.2, -0.15) is 0 Å². The fourth-order valence-corrected chi connectivity index (χ4v) is 5.53. The lowest BCUT2D eigenvalue weighted by atomic mass is 9.57. The van der Waals surface area contributed by atoms with Crippen LogP contribution in [0.5, 0.6) is 0 Å². The van der Waals surface area contributed by atoms with Gasteiger partial charge in [-0.25, -0.2) is 0 Å². The van der Waals surface area contributed by atoms with E-state index < -0.39 is 8.07 Å². The minimum absolute atomic E-state index is 0.0217. The summed E-state index contributed by atoms with van der Waals surface area (Å²) in [5.41, 5.74) is 4.28. The number of carbonyl (C=O) groups excluding carboxylic acids is 1. The Morgan fingerprint density at radius 3 is 2.67 bits per heavy atom. The Labute approximate surface area is 130 Å². The van der Waals surface area contributed by atoms with Crippen molar-refractivity contribution in [3.05, 3.63) is 11.3 Å². The van der Waals surface area contributed by atoms with Crippen molar-refractivity contribution in [2.24, 2.45) is 17.3 Å². The normalized spacial score (nSPS) is 33.8. The summed E-state index contributed by atoms with van der Waals surface area (Å²) < 4.78 is 10.9. The molecule has 4 heteroatoms. The Kier molecular flexibility index (Phi) is 4.69. The molecule has 0 aromatic heterocycles. The number of hydrogen-bond donors (Lipinski definition) is 0. The number of carbonyl (C=O) groups is 1. The molecular weight excluding hydrogens is 280 g/mol. The average Bonchev–Trinajstić information content (AvgIpc) is 2.32. The number of esters is 1. The highest BCUT2D eigenvalue weighted by atomic mass is 28.3. The van der Waals surface area contributed by atoms with Crippen LogP contribution in [0.4, 0.5) is 0 Å². The largest absolute Gasteiger partial charge is 0.469 e. The molecule has 2 fully saturated rings. The van der Waals surface area contributed by atoms with Crippen molar-refractivity contribution in [1.82, 2.24) is 0 Å². The minimum atomic E-state index is -1.27. The van der Waals surface area contributed by atoms with Gasteiger partial charge in [-0.3, -0.25) is 4.79 Å². The second kappa shape index (κ2) is 5.88. The van der Waals surface area contributed by atoms with Crippen molar-refractivity contribution in [3.63, 3.8) is 0 Å². The number of methoxy groups -OCH3 is 1. The summed E-state index contributed by atoms with van der Waals surface area (Å²) in [5.74, 6) is 0.804. The molecule has 2 rings (SSSR count). The van der Waals surface area contributed by atoms with Gasteiger partial charge < -0.3 is 9.47 Å². The standard InChI is InChI=1S/C17H30O3Si/c1-17(2)13-8-7-12(11-21(4,5)6)16(17)14(20-10-13)9-15(18)19-3/h11,13-14,16H,7-10H2,1-6H3/b12-11-/t13-,14+,16+/m1/s1. The molecule has 1 saturated heterocycles. The van der Waals surface area contributed by atoms with Crippen molar-refractivity contribution in [3.8, 4) is 0 Å². The number of fused-ring (bicyclic) bond motifs is 2. The van der Waals surface area contributed by atoms with E-state index in [4.69, 9.17) is 9.47 Å². The SMILES string of the molecule is COC(=O)C[C@@H]1OC[C@H]2CC/C(=C/[Si](C)(C)C)[C@@H]1C2(C)C. The molecule has 1 saturated carbocycles. The van der Waals surface area contributed by atoms with Crippen LogP contribution in [0.3, 0.4) is 0 Å². The smallest absolute Gasteiger partial charge is 0.308 e. The van der Waals surface area contributed by atoms with Crippen LogP contribution in [0, 0.1) is 17.3 Å². The first kappa shape index (κ1) is 16.8. The fraction of sp³-hybridized carbons (Fsp3) is 0.824. The third-order valence-electron chi connectivity index (χ3n) is 5.13. The Morgan fingerprint density at radius 1 is 1.43 bits per heavy atom. The van der Waals surface area contributed by atoms with Gasteiger partial charge in [0.15, 0.2) is 0 Å². The summed E-state index contributed by atoms with van der Waals surface area (Å²) in [7, 11) is 0.182. The van der Waals surface area contributed by atoms with E-state index in [9.17, 15) is 4.79 Å². The van der Waals surface area contributed by atoms with Crippen LogP contribution < -0.4 is 0 Å². The summed E-state index contributed by atoms with van der Waals surface area (Å²) in [5, 5.41) is 0. The quantitative estimate of drug-likeness (QED) is 0.587. The molecule has 0 aromatic carbocycles. The molecule has 0 spiro atoms. The zero-order valence-electron chi connectivity index (χ0n) is 14.4. The van der Waals surface area contributed by atoms with Gasteiger partial charge in [0.05, 0.1) is 34.3 Å². The Hall–Kier alpha value is -0.613. The zero-order chi connectivity index (χ0) is 15.8. The van der Waals surface area contributed by atoms with Crippen molar-refractivity contribution < 1.29 is 14.3 Å². The lowest BCUT2D eigenvalue weighted by Gasteiger charge is -2.54. The van der Waals surface area contributed by atoms with Crippen LogP contribution in [0.15, 0.2) is 11.3 Å². The predicted octanol–water partition coefficient (Wildman–Crippen LogP) is 3.80. The zero-order valence-corrected chi connectivity index (χ0v) is 15.4. The molecular formula is C17H30O3Si. The predicted molar refractivity (Wildman–Crippen MR) is 87.8 cm³/mol. The molecule has 0 radical (unpaired) electrons. The van der Waals surface area contributed by atoms with Crippen molar-refractivity contribution in [2.75, 3.05) is 13.7 Å². The molecule has 3 atom stereocenters. The van der Waals surface area contributed by atoms with Gasteiger partial charge in [0.2, 0.25) is 0 Å². The third kappa shape index (κ3) is 3.59. The topological polar surface area (TPSA) is 35.5 Å². The maximum Gasteiger partial charge on any atom is 0.308 e. The molecule has 21 heavy (non-hydrogen) atoms. The van der Waals surface area contributed by atoms with Gasteiger partial charge >= 0.3 is 5.97 Å². The van der Waals surface area contributed by atoms with Crippen LogP contribution in [0.2, 0.25) is 19.6 Å². The summed E-state index contributed by atoms with van der Waals surface area (Å²) in [6, 6.07) is 0. The van der Waals surface area contributed by atoms with Gasteiger partial charge in [0.1, 0.15) is 0 Å². The lowest BCUT2D eigenvalue weighted by Crippen LogP contribution is -2.52. The summed E-state index contributed by atoms with van der Waals surface area (Å²) in [4.78, 5) is 11.7. The van der Waals surface area contributed by atoms with E-state index in [1.807, 2.05) is 0 Å². The van der Waals surface area contributed by atoms with Crippen LogP contribution in [0.1, 0.15) is 33.1 Å². The Bertz CT molecular complexity index is 434. The van der Waals surface area contributed by atoms with Gasteiger partial charge in [0.25, 0.3) is 0 Å². The first-order chi connectivity index (χ1) is 9.65. The number of rotatable bonds is 3. The molecule has 2 aliphatic rings. The Morgan fingerprint density at radius 2 is 2.10 bits per heavy atom. The molecule has 0 N–H and O–H groups in total. The first-order valence-corrected chi connectivity index (χ1v) is 11.6. The van der Waals surface area contributed by atoms with Gasteiger partial charge in [-0.1, -0.05) is 44.8 Å². The highest BCUT2D eigenvalue weighted by molar-refractivity contribution is 6.81. The second-order valence-electron chi connectivity index (χ2n) is 8.27. The molecule has 1 aliphatic carbocycles. The fourth-order valence-electron chi connectivity index (χ4n) is 4.09. The molecule has 1 aliphatic heterocycles. The van der Waals surface area contributed by atoms with Gasteiger partial charge in [0, 0.05) is 5.92 Å². The van der Waals surface area contributed by atoms with E-state index in [1.54, 1.807) is 0 Å². The average molecular weight is 311 g/mol. The van der Waals surface area contributed by atoms with Crippen LogP contribution in [0.25, 0.3) is 0 Å². The summed E-state index contributed by atoms with van der Waals surface area (Å²) in [6.45, 7) is 12.6. The first-order valence-electron chi connectivity index (χ1n) is 8.05. The highest BCUT2D eigenvalue weighted by Gasteiger charge is 2.50. The van der Waals surface area contributed by atoms with Crippen LogP contribution in [-0.4, -0.2) is 33.9 Å². The van der Waals surface area contributed by atoms with E-state index in [-0.39, 0.29) is 17.5 Å². The number of hydrogen-bond acceptors (Lipinski definition) is 3. The van der Waals surface area contributed by atoms with E-state index in [0.717, 1.165) is 6.61 Å². The van der Waals surface area contributed by atoms with Crippen molar-refractivity contribution in [1.29, 1.82) is 0 Å². The van der Waals surface area contributed by atoms with Gasteiger partial charge in [-0.15, -0.1) is 0 Å². The van der Waals surface area contributed by atoms with Crippen LogP contribution >= 0.6 is 0 Å². The molecule has 120 valence electrons. The summed E-state index contributed by atoms with van der Waals surface area (Å²) in [6.07, 6.45) is 2.74. The van der Waals surface area contributed by atoms with E-state index in [2.05, 4.69) is 39.2 Å². The minimum Gasteiger partial charge on any atom is -0.469 e. The maximum absolute atomic E-state index is 11.7. The van der Waals surface area contributed by atoms with Crippen molar-refractivity contribution in [2.45, 2.75) is 58.9 Å². The molecule has 0 amide bonds.